The molecular formula is C9H9BrF2N2S. The summed E-state index contributed by atoms with van der Waals surface area (Å²) in [6, 6.07) is 2.09. The van der Waals surface area contributed by atoms with E-state index >= 15 is 0 Å². The third kappa shape index (κ3) is 3.39. The van der Waals surface area contributed by atoms with Crippen LogP contribution in [-0.2, 0) is 0 Å². The second kappa shape index (κ2) is 5.37. The van der Waals surface area contributed by atoms with Gasteiger partial charge in [-0.1, -0.05) is 0 Å². The summed E-state index contributed by atoms with van der Waals surface area (Å²) in [4.78, 5) is 0. The van der Waals surface area contributed by atoms with Crippen molar-refractivity contribution in [3.8, 4) is 0 Å². The van der Waals surface area contributed by atoms with Gasteiger partial charge in [-0.25, -0.2) is 8.78 Å². The Bertz CT molecular complexity index is 385. The van der Waals surface area contributed by atoms with Crippen LogP contribution in [0, 0.1) is 11.6 Å². The topological polar surface area (TPSA) is 24.1 Å². The van der Waals surface area contributed by atoms with E-state index in [1.54, 1.807) is 0 Å². The van der Waals surface area contributed by atoms with Gasteiger partial charge in [-0.3, -0.25) is 0 Å². The zero-order valence-corrected chi connectivity index (χ0v) is 10.3. The maximum absolute atomic E-state index is 13.2. The highest BCUT2D eigenvalue weighted by Gasteiger charge is 2.08. The number of rotatable bonds is 2. The Balaban J connectivity index is 2.86. The van der Waals surface area contributed by atoms with Crippen LogP contribution >= 0.6 is 28.1 Å². The fourth-order valence-electron chi connectivity index (χ4n) is 0.945. The van der Waals surface area contributed by atoms with E-state index in [9.17, 15) is 8.78 Å². The summed E-state index contributed by atoms with van der Waals surface area (Å²) < 4.78 is 26.3. The Morgan fingerprint density at radius 1 is 1.40 bits per heavy atom. The molecule has 0 fully saturated rings. The predicted octanol–water partition coefficient (Wildman–Crippen LogP) is 3.03. The predicted molar refractivity (Wildman–Crippen MR) is 64.0 cm³/mol. The smallest absolute Gasteiger partial charge is 0.170 e. The molecule has 0 amide bonds. The molecule has 0 aliphatic carbocycles. The average molecular weight is 295 g/mol. The SMILES string of the molecule is CCNC(=S)Nc1cc(Br)c(F)cc1F. The second-order valence-corrected chi connectivity index (χ2v) is 3.99. The number of nitrogens with one attached hydrogen (secondary N) is 2. The molecule has 1 aromatic rings. The lowest BCUT2D eigenvalue weighted by Gasteiger charge is -2.10. The van der Waals surface area contributed by atoms with Crippen LogP contribution in [0.2, 0.25) is 0 Å². The second-order valence-electron chi connectivity index (χ2n) is 2.73. The largest absolute Gasteiger partial charge is 0.363 e. The number of halogens is 3. The van der Waals surface area contributed by atoms with E-state index in [-0.39, 0.29) is 10.2 Å². The molecule has 0 bridgehead atoms. The summed E-state index contributed by atoms with van der Waals surface area (Å²) in [5, 5.41) is 5.73. The van der Waals surface area contributed by atoms with Crippen LogP contribution in [0.15, 0.2) is 16.6 Å². The molecule has 0 spiro atoms. The lowest BCUT2D eigenvalue weighted by molar-refractivity contribution is 0.581. The molecule has 0 unspecified atom stereocenters. The van der Waals surface area contributed by atoms with E-state index in [0.29, 0.717) is 11.7 Å². The molecule has 1 rings (SSSR count). The minimum absolute atomic E-state index is 0.134. The van der Waals surface area contributed by atoms with Gasteiger partial charge in [0.15, 0.2) is 5.11 Å². The molecule has 0 aromatic heterocycles. The molecule has 1 aromatic carbocycles. The normalized spacial score (nSPS) is 9.87. The van der Waals surface area contributed by atoms with Gasteiger partial charge in [0, 0.05) is 12.6 Å². The van der Waals surface area contributed by atoms with E-state index in [4.69, 9.17) is 12.2 Å². The van der Waals surface area contributed by atoms with Gasteiger partial charge in [0.05, 0.1) is 10.2 Å². The number of thiocarbonyl (C=S) groups is 1. The van der Waals surface area contributed by atoms with Crippen molar-refractivity contribution in [2.45, 2.75) is 6.92 Å². The van der Waals surface area contributed by atoms with Crippen molar-refractivity contribution in [3.05, 3.63) is 28.2 Å². The first-order chi connectivity index (χ1) is 7.04. The van der Waals surface area contributed by atoms with Crippen molar-refractivity contribution in [1.29, 1.82) is 0 Å². The molecule has 0 saturated carbocycles. The molecule has 0 saturated heterocycles. The average Bonchev–Trinajstić information content (AvgIpc) is 2.14. The Kier molecular flexibility index (Phi) is 4.41. The summed E-state index contributed by atoms with van der Waals surface area (Å²) in [6.07, 6.45) is 0. The summed E-state index contributed by atoms with van der Waals surface area (Å²) >= 11 is 7.84. The van der Waals surface area contributed by atoms with Gasteiger partial charge in [0.2, 0.25) is 0 Å². The molecule has 2 N–H and O–H groups in total. The summed E-state index contributed by atoms with van der Waals surface area (Å²) in [5.74, 6) is -1.33. The summed E-state index contributed by atoms with van der Waals surface area (Å²) in [6.45, 7) is 2.50. The molecular weight excluding hydrogens is 286 g/mol. The van der Waals surface area contributed by atoms with Crippen molar-refractivity contribution in [3.63, 3.8) is 0 Å². The Hall–Kier alpha value is -0.750. The lowest BCUT2D eigenvalue weighted by atomic mass is 10.3. The van der Waals surface area contributed by atoms with Gasteiger partial charge in [0.25, 0.3) is 0 Å². The molecule has 0 radical (unpaired) electrons. The Labute approximate surface area is 100 Å². The van der Waals surface area contributed by atoms with Crippen molar-refractivity contribution < 1.29 is 8.78 Å². The monoisotopic (exact) mass is 294 g/mol. The highest BCUT2D eigenvalue weighted by atomic mass is 79.9. The maximum Gasteiger partial charge on any atom is 0.170 e. The molecule has 0 aliphatic heterocycles. The molecule has 2 nitrogen and oxygen atoms in total. The first-order valence-corrected chi connectivity index (χ1v) is 5.44. The fourth-order valence-corrected chi connectivity index (χ4v) is 1.54. The summed E-state index contributed by atoms with van der Waals surface area (Å²) in [7, 11) is 0. The molecule has 0 atom stereocenters. The van der Waals surface area contributed by atoms with Crippen LogP contribution in [0.25, 0.3) is 0 Å². The van der Waals surface area contributed by atoms with Crippen LogP contribution in [0.1, 0.15) is 6.92 Å². The number of anilines is 1. The number of hydrogen-bond donors (Lipinski definition) is 2. The zero-order chi connectivity index (χ0) is 11.4. The van der Waals surface area contributed by atoms with Crippen LogP contribution in [0.5, 0.6) is 0 Å². The van der Waals surface area contributed by atoms with Crippen molar-refractivity contribution in [2.75, 3.05) is 11.9 Å². The van der Waals surface area contributed by atoms with E-state index in [1.165, 1.54) is 6.07 Å². The van der Waals surface area contributed by atoms with Crippen molar-refractivity contribution in [1.82, 2.24) is 5.32 Å². The first kappa shape index (κ1) is 12.3. The minimum atomic E-state index is -0.684. The molecule has 82 valence electrons. The van der Waals surface area contributed by atoms with Crippen LogP contribution < -0.4 is 10.6 Å². The van der Waals surface area contributed by atoms with E-state index in [1.807, 2.05) is 6.92 Å². The third-order valence-electron chi connectivity index (χ3n) is 1.60. The van der Waals surface area contributed by atoms with Crippen LogP contribution in [0.4, 0.5) is 14.5 Å². The number of benzene rings is 1. The highest BCUT2D eigenvalue weighted by molar-refractivity contribution is 9.10. The molecule has 0 heterocycles. The van der Waals surface area contributed by atoms with Crippen LogP contribution in [0.3, 0.4) is 0 Å². The highest BCUT2D eigenvalue weighted by Crippen LogP contribution is 2.23. The van der Waals surface area contributed by atoms with Crippen molar-refractivity contribution >= 4 is 38.9 Å². The van der Waals surface area contributed by atoms with E-state index in [0.717, 1.165) is 6.07 Å². The zero-order valence-electron chi connectivity index (χ0n) is 7.90. The fraction of sp³-hybridized carbons (Fsp3) is 0.222. The van der Waals surface area contributed by atoms with Gasteiger partial charge < -0.3 is 10.6 Å². The molecule has 0 aliphatic rings. The van der Waals surface area contributed by atoms with Crippen molar-refractivity contribution in [2.24, 2.45) is 0 Å². The van der Waals surface area contributed by atoms with E-state index < -0.39 is 11.6 Å². The lowest BCUT2D eigenvalue weighted by Crippen LogP contribution is -2.28. The standard InChI is InChI=1S/C9H9BrF2N2S/c1-2-13-9(15)14-8-3-5(10)6(11)4-7(8)12/h3-4H,2H2,1H3,(H2,13,14,15). The Morgan fingerprint density at radius 2 is 2.07 bits per heavy atom. The van der Waals surface area contributed by atoms with E-state index in [2.05, 4.69) is 26.6 Å². The van der Waals surface area contributed by atoms with Gasteiger partial charge in [0.1, 0.15) is 11.6 Å². The summed E-state index contributed by atoms with van der Waals surface area (Å²) in [5.41, 5.74) is 0.134. The Morgan fingerprint density at radius 3 is 2.67 bits per heavy atom. The quantitative estimate of drug-likeness (QED) is 0.648. The minimum Gasteiger partial charge on any atom is -0.363 e. The van der Waals surface area contributed by atoms with Gasteiger partial charge in [-0.2, -0.15) is 0 Å². The van der Waals surface area contributed by atoms with Gasteiger partial charge in [-0.15, -0.1) is 0 Å². The maximum atomic E-state index is 13.2. The molecule has 15 heavy (non-hydrogen) atoms. The van der Waals surface area contributed by atoms with Gasteiger partial charge in [-0.05, 0) is 41.1 Å². The number of hydrogen-bond acceptors (Lipinski definition) is 1. The van der Waals surface area contributed by atoms with Crippen LogP contribution in [-0.4, -0.2) is 11.7 Å². The van der Waals surface area contributed by atoms with Gasteiger partial charge >= 0.3 is 0 Å². The molecule has 6 heteroatoms. The first-order valence-electron chi connectivity index (χ1n) is 4.24. The third-order valence-corrected chi connectivity index (χ3v) is 2.45.